The lowest BCUT2D eigenvalue weighted by Crippen LogP contribution is -2.34. The maximum absolute atomic E-state index is 12.4. The minimum atomic E-state index is 0. The van der Waals surface area contributed by atoms with Crippen molar-refractivity contribution >= 4 is 36.4 Å². The van der Waals surface area contributed by atoms with Crippen molar-refractivity contribution in [2.24, 2.45) is 11.7 Å². The number of anilines is 1. The number of amides is 1. The van der Waals surface area contributed by atoms with Crippen molar-refractivity contribution in [2.45, 2.75) is 45.2 Å². The number of hydrogen-bond donors (Lipinski definition) is 2. The van der Waals surface area contributed by atoms with E-state index in [2.05, 4.69) is 28.4 Å². The Balaban J connectivity index is 0.00000242. The van der Waals surface area contributed by atoms with Crippen LogP contribution in [0.2, 0.25) is 0 Å². The summed E-state index contributed by atoms with van der Waals surface area (Å²) in [7, 11) is 4.09. The van der Waals surface area contributed by atoms with Gasteiger partial charge in [0.2, 0.25) is 5.91 Å². The number of aryl methyl sites for hydroxylation is 1. The molecule has 1 aliphatic carbocycles. The van der Waals surface area contributed by atoms with Crippen molar-refractivity contribution in [1.82, 2.24) is 4.90 Å². The molecule has 2 unspecified atom stereocenters. The van der Waals surface area contributed by atoms with Gasteiger partial charge >= 0.3 is 0 Å². The Labute approximate surface area is 152 Å². The summed E-state index contributed by atoms with van der Waals surface area (Å²) in [6.45, 7) is 2.90. The predicted molar refractivity (Wildman–Crippen MR) is 102 cm³/mol. The van der Waals surface area contributed by atoms with Crippen molar-refractivity contribution in [3.8, 4) is 0 Å². The Bertz CT molecular complexity index is 509. The van der Waals surface area contributed by atoms with Crippen LogP contribution in [-0.4, -0.2) is 30.9 Å². The summed E-state index contributed by atoms with van der Waals surface area (Å²) in [5.74, 6) is 0.181. The van der Waals surface area contributed by atoms with Gasteiger partial charge < -0.3 is 16.0 Å². The molecule has 0 aliphatic heterocycles. The third-order valence-corrected chi connectivity index (χ3v) is 4.14. The van der Waals surface area contributed by atoms with E-state index in [0.717, 1.165) is 43.5 Å². The topological polar surface area (TPSA) is 58.4 Å². The van der Waals surface area contributed by atoms with E-state index in [1.165, 1.54) is 5.56 Å². The molecule has 0 aromatic heterocycles. The molecule has 4 nitrogen and oxygen atoms in total. The van der Waals surface area contributed by atoms with Crippen LogP contribution in [0.25, 0.3) is 0 Å². The first-order valence-corrected chi connectivity index (χ1v) is 7.76. The Morgan fingerprint density at radius 1 is 1.30 bits per heavy atom. The van der Waals surface area contributed by atoms with Gasteiger partial charge in [0.05, 0.1) is 0 Å². The Morgan fingerprint density at radius 3 is 2.61 bits per heavy atom. The molecule has 1 aromatic rings. The van der Waals surface area contributed by atoms with E-state index in [0.29, 0.717) is 0 Å². The van der Waals surface area contributed by atoms with Crippen LogP contribution in [0.3, 0.4) is 0 Å². The SMILES string of the molecule is Cc1ccc(CN(C)C)cc1NC(=O)C1CCCC(N)C1.Cl.Cl. The molecule has 1 fully saturated rings. The molecule has 1 amide bonds. The molecule has 0 bridgehead atoms. The van der Waals surface area contributed by atoms with Crippen LogP contribution in [0.1, 0.15) is 36.8 Å². The van der Waals surface area contributed by atoms with E-state index in [-0.39, 0.29) is 42.7 Å². The van der Waals surface area contributed by atoms with Crippen molar-refractivity contribution in [1.29, 1.82) is 0 Å². The summed E-state index contributed by atoms with van der Waals surface area (Å²) in [5, 5.41) is 3.10. The highest BCUT2D eigenvalue weighted by Crippen LogP contribution is 2.25. The largest absolute Gasteiger partial charge is 0.328 e. The number of nitrogens with two attached hydrogens (primary N) is 1. The fourth-order valence-corrected chi connectivity index (χ4v) is 2.97. The Hall–Kier alpha value is -0.810. The molecule has 6 heteroatoms. The van der Waals surface area contributed by atoms with Gasteiger partial charge in [-0.3, -0.25) is 4.79 Å². The van der Waals surface area contributed by atoms with Gasteiger partial charge in [0.1, 0.15) is 0 Å². The van der Waals surface area contributed by atoms with Crippen LogP contribution < -0.4 is 11.1 Å². The zero-order valence-corrected chi connectivity index (χ0v) is 15.8. The molecule has 3 N–H and O–H groups in total. The maximum Gasteiger partial charge on any atom is 0.227 e. The summed E-state index contributed by atoms with van der Waals surface area (Å²) in [5.41, 5.74) is 9.22. The highest BCUT2D eigenvalue weighted by molar-refractivity contribution is 5.93. The molecule has 132 valence electrons. The van der Waals surface area contributed by atoms with Crippen molar-refractivity contribution in [3.05, 3.63) is 29.3 Å². The molecule has 0 radical (unpaired) electrons. The van der Waals surface area contributed by atoms with Crippen molar-refractivity contribution in [3.63, 3.8) is 0 Å². The fraction of sp³-hybridized carbons (Fsp3) is 0.588. The lowest BCUT2D eigenvalue weighted by atomic mass is 9.85. The standard InChI is InChI=1S/C17H27N3O.2ClH/c1-12-7-8-13(11-20(2)3)9-16(12)19-17(21)14-5-4-6-15(18)10-14;;/h7-9,14-15H,4-6,10-11,18H2,1-3H3,(H,19,21);2*1H. The molecular formula is C17H29Cl2N3O. The number of hydrogen-bond acceptors (Lipinski definition) is 3. The minimum Gasteiger partial charge on any atom is -0.328 e. The average Bonchev–Trinajstić information content (AvgIpc) is 2.42. The quantitative estimate of drug-likeness (QED) is 0.864. The van der Waals surface area contributed by atoms with Gasteiger partial charge in [-0.1, -0.05) is 18.6 Å². The second-order valence-corrected chi connectivity index (χ2v) is 6.50. The fourth-order valence-electron chi connectivity index (χ4n) is 2.97. The van der Waals surface area contributed by atoms with Gasteiger partial charge in [-0.25, -0.2) is 0 Å². The molecule has 2 atom stereocenters. The third kappa shape index (κ3) is 6.68. The first kappa shape index (κ1) is 22.2. The molecule has 0 heterocycles. The normalized spacial score (nSPS) is 20.4. The molecule has 1 aromatic carbocycles. The van der Waals surface area contributed by atoms with E-state index in [9.17, 15) is 4.79 Å². The van der Waals surface area contributed by atoms with Gasteiger partial charge in [-0.2, -0.15) is 0 Å². The summed E-state index contributed by atoms with van der Waals surface area (Å²) in [4.78, 5) is 14.5. The highest BCUT2D eigenvalue weighted by Gasteiger charge is 2.25. The van der Waals surface area contributed by atoms with E-state index >= 15 is 0 Å². The molecule has 0 saturated heterocycles. The summed E-state index contributed by atoms with van der Waals surface area (Å²) in [6, 6.07) is 6.44. The van der Waals surface area contributed by atoms with Crippen LogP contribution in [0.5, 0.6) is 0 Å². The lowest BCUT2D eigenvalue weighted by molar-refractivity contribution is -0.120. The smallest absolute Gasteiger partial charge is 0.227 e. The third-order valence-electron chi connectivity index (χ3n) is 4.14. The second kappa shape index (κ2) is 10.1. The van der Waals surface area contributed by atoms with Crippen LogP contribution in [0.4, 0.5) is 5.69 Å². The second-order valence-electron chi connectivity index (χ2n) is 6.50. The first-order valence-electron chi connectivity index (χ1n) is 7.76. The monoisotopic (exact) mass is 361 g/mol. The Morgan fingerprint density at radius 2 is 2.00 bits per heavy atom. The van der Waals surface area contributed by atoms with Gasteiger partial charge in [0.25, 0.3) is 0 Å². The first-order chi connectivity index (χ1) is 9.95. The van der Waals surface area contributed by atoms with Gasteiger partial charge in [0.15, 0.2) is 0 Å². The van der Waals surface area contributed by atoms with E-state index in [1.54, 1.807) is 0 Å². The summed E-state index contributed by atoms with van der Waals surface area (Å²) in [6.07, 6.45) is 3.86. The zero-order valence-electron chi connectivity index (χ0n) is 14.2. The van der Waals surface area contributed by atoms with Gasteiger partial charge in [-0.05, 0) is 57.5 Å². The van der Waals surface area contributed by atoms with Crippen LogP contribution >= 0.6 is 24.8 Å². The molecule has 1 saturated carbocycles. The number of benzene rings is 1. The number of carbonyl (C=O) groups excluding carboxylic acids is 1. The number of halogens is 2. The number of nitrogens with zero attached hydrogens (tertiary/aromatic N) is 1. The minimum absolute atomic E-state index is 0. The number of nitrogens with one attached hydrogen (secondary N) is 1. The van der Waals surface area contributed by atoms with E-state index < -0.39 is 0 Å². The molecule has 0 spiro atoms. The zero-order chi connectivity index (χ0) is 15.4. The van der Waals surface area contributed by atoms with Crippen molar-refractivity contribution in [2.75, 3.05) is 19.4 Å². The average molecular weight is 362 g/mol. The van der Waals surface area contributed by atoms with E-state index in [1.807, 2.05) is 21.0 Å². The predicted octanol–water partition coefficient (Wildman–Crippen LogP) is 3.36. The highest BCUT2D eigenvalue weighted by atomic mass is 35.5. The lowest BCUT2D eigenvalue weighted by Gasteiger charge is -2.26. The number of carbonyl (C=O) groups is 1. The maximum atomic E-state index is 12.4. The van der Waals surface area contributed by atoms with Crippen LogP contribution in [0.15, 0.2) is 18.2 Å². The van der Waals surface area contributed by atoms with Crippen molar-refractivity contribution < 1.29 is 4.79 Å². The summed E-state index contributed by atoms with van der Waals surface area (Å²) >= 11 is 0. The van der Waals surface area contributed by atoms with Crippen LogP contribution in [0, 0.1) is 12.8 Å². The van der Waals surface area contributed by atoms with E-state index in [4.69, 9.17) is 5.73 Å². The molecule has 2 rings (SSSR count). The summed E-state index contributed by atoms with van der Waals surface area (Å²) < 4.78 is 0. The number of rotatable bonds is 4. The van der Waals surface area contributed by atoms with Crippen LogP contribution in [-0.2, 0) is 11.3 Å². The molecule has 1 aliphatic rings. The Kier molecular flexibility index (Phi) is 9.78. The molecule has 23 heavy (non-hydrogen) atoms. The van der Waals surface area contributed by atoms with Gasteiger partial charge in [0, 0.05) is 24.2 Å². The van der Waals surface area contributed by atoms with Gasteiger partial charge in [-0.15, -0.1) is 24.8 Å². The molecular weight excluding hydrogens is 333 g/mol.